The first kappa shape index (κ1) is 44.9. The van der Waals surface area contributed by atoms with Crippen LogP contribution in [0.2, 0.25) is 0 Å². The van der Waals surface area contributed by atoms with Gasteiger partial charge in [-0.25, -0.2) is 0 Å². The third-order valence-corrected chi connectivity index (χ3v) is 18.8. The molecule has 3 aromatic carbocycles. The number of hydrogen-bond acceptors (Lipinski definition) is 3. The molecule has 0 radical (unpaired) electrons. The summed E-state index contributed by atoms with van der Waals surface area (Å²) in [5, 5.41) is 0. The Morgan fingerprint density at radius 3 is 0.761 bits per heavy atom. The summed E-state index contributed by atoms with van der Waals surface area (Å²) >= 11 is -5.41. The van der Waals surface area contributed by atoms with Crippen molar-refractivity contribution in [2.75, 3.05) is 0 Å². The van der Waals surface area contributed by atoms with Crippen molar-refractivity contribution < 1.29 is 65.9 Å². The Kier molecular flexibility index (Phi) is 11.5. The fourth-order valence-electron chi connectivity index (χ4n) is 7.80. The SMILES string of the molecule is Fc1c(F)c(F)c(C(=C2C=CC=N2)c2ccc[n]2[In]([n]2cccc2C(=C2C=CC=N2)c2c(F)c(F)c(F)c(F)c2F)[n]2cccc2C(=C2C=CC=N2)c2c(F)c(F)c(F)c(F)c2F)c(F)c1F. The quantitative estimate of drug-likeness (QED) is 0.0787. The van der Waals surface area contributed by atoms with Crippen LogP contribution in [0, 0.1) is 87.3 Å². The molecule has 0 atom stereocenters. The second-order valence-electron chi connectivity index (χ2n) is 14.3. The molecule has 0 saturated heterocycles. The molecule has 3 aliphatic heterocycles. The molecule has 67 heavy (non-hydrogen) atoms. The maximum absolute atomic E-state index is 16.0. The van der Waals surface area contributed by atoms with Crippen molar-refractivity contribution in [2.24, 2.45) is 15.0 Å². The van der Waals surface area contributed by atoms with E-state index in [1.165, 1.54) is 62.7 Å². The average Bonchev–Trinajstić information content (AvgIpc) is 4.19. The van der Waals surface area contributed by atoms with Crippen molar-refractivity contribution in [2.45, 2.75) is 0 Å². The van der Waals surface area contributed by atoms with E-state index in [1.54, 1.807) is 0 Å². The molecule has 6 heterocycles. The van der Waals surface area contributed by atoms with Crippen molar-refractivity contribution >= 4 is 57.7 Å². The van der Waals surface area contributed by atoms with E-state index in [4.69, 9.17) is 0 Å². The Morgan fingerprint density at radius 2 is 0.552 bits per heavy atom. The standard InChI is InChI=1S/3C15H6F5N2.In/c3*16-11-10(12(17)14(19)15(20)13(11)18)9(7-3-1-5-21-7)8-4-2-6-22-8;/h3*1-6H;/q3*-1;+3. The summed E-state index contributed by atoms with van der Waals surface area (Å²) in [5.41, 5.74) is -9.14. The molecule has 0 saturated carbocycles. The molecule has 3 aliphatic rings. The molecule has 3 aromatic heterocycles. The van der Waals surface area contributed by atoms with Crippen LogP contribution in [0.1, 0.15) is 33.8 Å². The normalized spacial score (nSPS) is 16.2. The monoisotopic (exact) mass is 1040 g/mol. The van der Waals surface area contributed by atoms with Crippen molar-refractivity contribution in [1.82, 2.24) is 7.66 Å². The van der Waals surface area contributed by atoms with E-state index < -0.39 is 177 Å². The molecule has 0 unspecified atom stereocenters. The number of benzene rings is 3. The molecule has 22 heteroatoms. The van der Waals surface area contributed by atoms with Crippen LogP contribution in [0.4, 0.5) is 65.9 Å². The second-order valence-corrected chi connectivity index (χ2v) is 21.0. The summed E-state index contributed by atoms with van der Waals surface area (Å²) in [6.45, 7) is 0. The zero-order valence-corrected chi connectivity index (χ0v) is 36.1. The second kappa shape index (κ2) is 17.2. The van der Waals surface area contributed by atoms with Gasteiger partial charge in [-0.2, -0.15) is 0 Å². The van der Waals surface area contributed by atoms with E-state index >= 15 is 52.7 Å². The molecule has 6 aromatic rings. The summed E-state index contributed by atoms with van der Waals surface area (Å²) in [4.78, 5) is 12.2. The first-order valence-electron chi connectivity index (χ1n) is 19.0. The van der Waals surface area contributed by atoms with Gasteiger partial charge in [0.1, 0.15) is 0 Å². The van der Waals surface area contributed by atoms with Gasteiger partial charge in [0.15, 0.2) is 0 Å². The Balaban J connectivity index is 1.41. The van der Waals surface area contributed by atoms with Crippen LogP contribution in [0.15, 0.2) is 124 Å². The molecule has 6 nitrogen and oxygen atoms in total. The van der Waals surface area contributed by atoms with Crippen LogP contribution in [0.5, 0.6) is 0 Å². The van der Waals surface area contributed by atoms with Gasteiger partial charge in [-0.3, -0.25) is 0 Å². The minimum absolute atomic E-state index is 0.391. The van der Waals surface area contributed by atoms with Crippen molar-refractivity contribution in [1.29, 1.82) is 0 Å². The first-order chi connectivity index (χ1) is 32.1. The Morgan fingerprint density at radius 1 is 0.328 bits per heavy atom. The Labute approximate surface area is 374 Å². The zero-order valence-electron chi connectivity index (χ0n) is 32.8. The van der Waals surface area contributed by atoms with Crippen LogP contribution in [-0.2, 0) is 0 Å². The van der Waals surface area contributed by atoms with Crippen LogP contribution >= 0.6 is 0 Å². The van der Waals surface area contributed by atoms with Gasteiger partial charge in [-0.15, -0.1) is 0 Å². The number of aliphatic imine (C=N–C) groups is 3. The molecule has 0 amide bonds. The zero-order chi connectivity index (χ0) is 47.7. The van der Waals surface area contributed by atoms with Crippen LogP contribution in [0.3, 0.4) is 0 Å². The average molecular weight is 1040 g/mol. The summed E-state index contributed by atoms with van der Waals surface area (Å²) in [6, 6.07) is 7.09. The molecule has 0 N–H and O–H groups in total. The summed E-state index contributed by atoms with van der Waals surface area (Å²) in [7, 11) is 0. The predicted octanol–water partition coefficient (Wildman–Crippen LogP) is 11.3. The van der Waals surface area contributed by atoms with Gasteiger partial charge in [0.05, 0.1) is 0 Å². The number of aromatic nitrogens is 3. The van der Waals surface area contributed by atoms with Crippen molar-refractivity contribution in [3.05, 3.63) is 230 Å². The fraction of sp³-hybridized carbons (Fsp3) is 0. The van der Waals surface area contributed by atoms with Crippen LogP contribution in [-0.4, -0.2) is 48.6 Å². The first-order valence-corrected chi connectivity index (χ1v) is 23.4. The van der Waals surface area contributed by atoms with Gasteiger partial charge < -0.3 is 0 Å². The van der Waals surface area contributed by atoms with Crippen molar-refractivity contribution in [3.63, 3.8) is 0 Å². The van der Waals surface area contributed by atoms with Gasteiger partial charge in [0, 0.05) is 0 Å². The molecular formula is C45H18F15InN6. The van der Waals surface area contributed by atoms with E-state index in [0.717, 1.165) is 55.1 Å². The third-order valence-electron chi connectivity index (χ3n) is 10.7. The van der Waals surface area contributed by atoms with Gasteiger partial charge in [0.25, 0.3) is 0 Å². The van der Waals surface area contributed by atoms with Crippen LogP contribution in [0.25, 0.3) is 16.7 Å². The van der Waals surface area contributed by atoms with E-state index in [1.807, 2.05) is 0 Å². The number of hydrogen-bond donors (Lipinski definition) is 0. The van der Waals surface area contributed by atoms with E-state index in [0.29, 0.717) is 0 Å². The molecular weight excluding hydrogens is 1020 g/mol. The number of allylic oxidation sites excluding steroid dienone is 6. The number of halogens is 15. The number of nitrogens with zero attached hydrogens (tertiary/aromatic N) is 6. The maximum atomic E-state index is 16.0. The molecule has 0 aliphatic carbocycles. The van der Waals surface area contributed by atoms with E-state index in [9.17, 15) is 13.2 Å². The van der Waals surface area contributed by atoms with Crippen LogP contribution < -0.4 is 0 Å². The predicted molar refractivity (Wildman–Crippen MR) is 215 cm³/mol. The molecule has 0 fully saturated rings. The molecule has 0 bridgehead atoms. The van der Waals surface area contributed by atoms with Gasteiger partial charge in [-0.1, -0.05) is 0 Å². The van der Waals surface area contributed by atoms with Gasteiger partial charge >= 0.3 is 376 Å². The van der Waals surface area contributed by atoms with Gasteiger partial charge in [0.2, 0.25) is 0 Å². The summed E-state index contributed by atoms with van der Waals surface area (Å²) < 4.78 is 233. The third kappa shape index (κ3) is 7.06. The number of rotatable bonds is 9. The van der Waals surface area contributed by atoms with Gasteiger partial charge in [-0.05, 0) is 0 Å². The van der Waals surface area contributed by atoms with E-state index in [-0.39, 0.29) is 0 Å². The summed E-state index contributed by atoms with van der Waals surface area (Å²) in [6.07, 6.45) is 14.1. The molecule has 336 valence electrons. The fourth-order valence-corrected chi connectivity index (χ4v) is 16.2. The molecule has 0 spiro atoms. The topological polar surface area (TPSA) is 51.9 Å². The Bertz CT molecular complexity index is 2950. The summed E-state index contributed by atoms with van der Waals surface area (Å²) in [5.74, 6) is -35.6. The Hall–Kier alpha value is -7.23. The van der Waals surface area contributed by atoms with E-state index in [2.05, 4.69) is 15.0 Å². The van der Waals surface area contributed by atoms with Crippen molar-refractivity contribution in [3.8, 4) is 0 Å². The minimum atomic E-state index is -5.41. The molecule has 9 rings (SSSR count).